The first-order chi connectivity index (χ1) is 14.1. The number of fused-ring (bicyclic) bond motifs is 1. The molecule has 0 spiro atoms. The molecule has 0 aliphatic heterocycles. The number of pyridine rings is 1. The topological polar surface area (TPSA) is 76.5 Å². The molecule has 4 heterocycles. The van der Waals surface area contributed by atoms with Crippen molar-refractivity contribution in [1.82, 2.24) is 24.7 Å². The van der Waals surface area contributed by atoms with Crippen LogP contribution in [0, 0.1) is 17.7 Å². The standard InChI is InChI=1S/C20H10F2N5OS/c21-14-3-1-4-15(22)17(14)18(28)13-9-24-19-12(13)7-11(8-23-19)16-10-25-20(29-16)27-6-2-5-26-27/h1-3,5-10H,(H,23,24). The minimum absolute atomic E-state index is 0.128. The molecule has 9 heteroatoms. The molecular weight excluding hydrogens is 396 g/mol. The maximum absolute atomic E-state index is 14.1. The number of carbonyl (C=O) groups excluding carboxylic acids is 1. The molecule has 0 fully saturated rings. The molecule has 0 amide bonds. The van der Waals surface area contributed by atoms with Gasteiger partial charge in [0.1, 0.15) is 17.3 Å². The Labute approximate surface area is 166 Å². The third-order valence-corrected chi connectivity index (χ3v) is 5.42. The van der Waals surface area contributed by atoms with Gasteiger partial charge in [-0.05, 0) is 24.3 Å². The molecule has 29 heavy (non-hydrogen) atoms. The van der Waals surface area contributed by atoms with Gasteiger partial charge in [0.25, 0.3) is 0 Å². The number of benzene rings is 1. The average Bonchev–Trinajstić information content (AvgIpc) is 3.46. The Morgan fingerprint density at radius 1 is 1.24 bits per heavy atom. The molecule has 0 bridgehead atoms. The number of carbonyl (C=O) groups is 1. The van der Waals surface area contributed by atoms with Crippen LogP contribution in [0.3, 0.4) is 0 Å². The van der Waals surface area contributed by atoms with Gasteiger partial charge < -0.3 is 4.98 Å². The Balaban J connectivity index is 1.59. The van der Waals surface area contributed by atoms with Gasteiger partial charge in [0.15, 0.2) is 0 Å². The van der Waals surface area contributed by atoms with Gasteiger partial charge in [-0.25, -0.2) is 23.4 Å². The van der Waals surface area contributed by atoms with E-state index in [2.05, 4.69) is 26.1 Å². The number of rotatable bonds is 4. The van der Waals surface area contributed by atoms with Crippen molar-refractivity contribution in [3.05, 3.63) is 84.1 Å². The van der Waals surface area contributed by atoms with E-state index in [0.29, 0.717) is 16.2 Å². The quantitative estimate of drug-likeness (QED) is 0.454. The molecule has 0 saturated carbocycles. The van der Waals surface area contributed by atoms with Crippen LogP contribution >= 0.6 is 11.3 Å². The van der Waals surface area contributed by atoms with Crippen LogP contribution in [-0.2, 0) is 0 Å². The molecule has 4 aromatic heterocycles. The molecule has 6 nitrogen and oxygen atoms in total. The number of aromatic amines is 1. The summed E-state index contributed by atoms with van der Waals surface area (Å²) in [6, 6.07) is 7.86. The van der Waals surface area contributed by atoms with Crippen molar-refractivity contribution in [3.63, 3.8) is 0 Å². The molecule has 1 N–H and O–H groups in total. The third-order valence-electron chi connectivity index (χ3n) is 4.38. The number of ketones is 1. The molecule has 141 valence electrons. The molecule has 0 unspecified atom stereocenters. The molecule has 0 aliphatic carbocycles. The van der Waals surface area contributed by atoms with Crippen LogP contribution in [-0.4, -0.2) is 30.5 Å². The summed E-state index contributed by atoms with van der Waals surface area (Å²) in [7, 11) is 0. The number of thiazole rings is 1. The highest BCUT2D eigenvalue weighted by Crippen LogP contribution is 2.31. The van der Waals surface area contributed by atoms with Gasteiger partial charge in [-0.2, -0.15) is 5.10 Å². The average molecular weight is 406 g/mol. The Morgan fingerprint density at radius 3 is 2.93 bits per heavy atom. The van der Waals surface area contributed by atoms with Crippen LogP contribution in [0.2, 0.25) is 0 Å². The van der Waals surface area contributed by atoms with E-state index < -0.39 is 23.0 Å². The van der Waals surface area contributed by atoms with Crippen molar-refractivity contribution in [2.75, 3.05) is 0 Å². The highest BCUT2D eigenvalue weighted by Gasteiger charge is 2.22. The first-order valence-electron chi connectivity index (χ1n) is 8.45. The second kappa shape index (κ2) is 6.71. The summed E-state index contributed by atoms with van der Waals surface area (Å²) in [5, 5.41) is 5.29. The maximum atomic E-state index is 14.1. The number of hydrogen-bond acceptors (Lipinski definition) is 5. The van der Waals surface area contributed by atoms with Gasteiger partial charge in [0, 0.05) is 53.6 Å². The minimum Gasteiger partial charge on any atom is -0.345 e. The van der Waals surface area contributed by atoms with Crippen LogP contribution in [0.4, 0.5) is 8.78 Å². The molecular formula is C20H10F2N5OS. The van der Waals surface area contributed by atoms with Crippen LogP contribution in [0.5, 0.6) is 0 Å². The Morgan fingerprint density at radius 2 is 2.14 bits per heavy atom. The normalized spacial score (nSPS) is 11.2. The molecule has 0 atom stereocenters. The zero-order valence-corrected chi connectivity index (χ0v) is 15.4. The summed E-state index contributed by atoms with van der Waals surface area (Å²) in [6.45, 7) is 0. The lowest BCUT2D eigenvalue weighted by atomic mass is 10.0. The zero-order valence-electron chi connectivity index (χ0n) is 14.6. The number of nitrogens with zero attached hydrogens (tertiary/aromatic N) is 4. The zero-order chi connectivity index (χ0) is 20.0. The van der Waals surface area contributed by atoms with E-state index in [4.69, 9.17) is 0 Å². The van der Waals surface area contributed by atoms with Crippen molar-refractivity contribution >= 4 is 28.2 Å². The van der Waals surface area contributed by atoms with Crippen molar-refractivity contribution < 1.29 is 13.6 Å². The first-order valence-corrected chi connectivity index (χ1v) is 9.27. The summed E-state index contributed by atoms with van der Waals surface area (Å²) in [4.78, 5) is 25.2. The molecule has 5 rings (SSSR count). The highest BCUT2D eigenvalue weighted by atomic mass is 32.1. The Hall–Kier alpha value is -3.72. The molecule has 5 aromatic rings. The molecule has 0 saturated heterocycles. The van der Waals surface area contributed by atoms with Crippen LogP contribution < -0.4 is 0 Å². The highest BCUT2D eigenvalue weighted by molar-refractivity contribution is 7.17. The van der Waals surface area contributed by atoms with E-state index >= 15 is 0 Å². The molecule has 0 aliphatic rings. The van der Waals surface area contributed by atoms with Crippen molar-refractivity contribution in [1.29, 1.82) is 0 Å². The van der Waals surface area contributed by atoms with Crippen molar-refractivity contribution in [2.24, 2.45) is 0 Å². The molecule has 1 aromatic carbocycles. The van der Waals surface area contributed by atoms with Gasteiger partial charge in [-0.3, -0.25) is 4.79 Å². The Kier molecular flexibility index (Phi) is 4.02. The largest absolute Gasteiger partial charge is 0.345 e. The van der Waals surface area contributed by atoms with Crippen molar-refractivity contribution in [3.8, 4) is 15.6 Å². The van der Waals surface area contributed by atoms with Gasteiger partial charge in [-0.15, -0.1) is 0 Å². The second-order valence-electron chi connectivity index (χ2n) is 6.12. The lowest BCUT2D eigenvalue weighted by Crippen LogP contribution is -2.07. The summed E-state index contributed by atoms with van der Waals surface area (Å²) in [5.41, 5.74) is 0.651. The summed E-state index contributed by atoms with van der Waals surface area (Å²) < 4.78 is 29.7. The monoisotopic (exact) mass is 406 g/mol. The fourth-order valence-corrected chi connectivity index (χ4v) is 3.84. The van der Waals surface area contributed by atoms with Crippen LogP contribution in [0.15, 0.2) is 55.2 Å². The predicted octanol–water partition coefficient (Wildman–Crippen LogP) is 4.18. The van der Waals surface area contributed by atoms with Gasteiger partial charge in [0.05, 0.1) is 10.4 Å². The third kappa shape index (κ3) is 2.92. The number of nitrogens with one attached hydrogen (secondary N) is 1. The SMILES string of the molecule is O=C(c1c(F)[c]ccc1F)c1c[nH]c2ncc(-c3cnc(-n4cccn4)s3)cc12. The fourth-order valence-electron chi connectivity index (χ4n) is 3.00. The maximum Gasteiger partial charge on any atom is 0.210 e. The van der Waals surface area contributed by atoms with Gasteiger partial charge in [0.2, 0.25) is 10.9 Å². The van der Waals surface area contributed by atoms with Crippen LogP contribution in [0.1, 0.15) is 15.9 Å². The minimum atomic E-state index is -1.03. The number of H-pyrrole nitrogens is 1. The summed E-state index contributed by atoms with van der Waals surface area (Å²) in [5.74, 6) is -2.74. The first kappa shape index (κ1) is 17.4. The predicted molar refractivity (Wildman–Crippen MR) is 103 cm³/mol. The van der Waals surface area contributed by atoms with E-state index in [0.717, 1.165) is 22.6 Å². The lowest BCUT2D eigenvalue weighted by Gasteiger charge is -2.03. The number of hydrogen-bond donors (Lipinski definition) is 1. The summed E-state index contributed by atoms with van der Waals surface area (Å²) >= 11 is 1.40. The van der Waals surface area contributed by atoms with E-state index in [9.17, 15) is 13.6 Å². The number of aromatic nitrogens is 5. The van der Waals surface area contributed by atoms with E-state index in [-0.39, 0.29) is 5.56 Å². The van der Waals surface area contributed by atoms with Gasteiger partial charge >= 0.3 is 0 Å². The van der Waals surface area contributed by atoms with E-state index in [1.807, 2.05) is 0 Å². The van der Waals surface area contributed by atoms with Gasteiger partial charge in [-0.1, -0.05) is 11.3 Å². The Bertz CT molecular complexity index is 1340. The smallest absolute Gasteiger partial charge is 0.210 e. The van der Waals surface area contributed by atoms with Crippen LogP contribution in [0.25, 0.3) is 26.6 Å². The summed E-state index contributed by atoms with van der Waals surface area (Å²) in [6.07, 6.45) is 8.17. The second-order valence-corrected chi connectivity index (χ2v) is 7.13. The molecule has 1 radical (unpaired) electrons. The van der Waals surface area contributed by atoms with E-state index in [1.54, 1.807) is 41.6 Å². The fraction of sp³-hybridized carbons (Fsp3) is 0. The van der Waals surface area contributed by atoms with E-state index in [1.165, 1.54) is 17.5 Å². The lowest BCUT2D eigenvalue weighted by molar-refractivity contribution is 0.103. The number of halogens is 2. The van der Waals surface area contributed by atoms with Crippen molar-refractivity contribution in [2.45, 2.75) is 0 Å².